The zero-order valence-electron chi connectivity index (χ0n) is 14.1. The molecule has 130 valence electrons. The van der Waals surface area contributed by atoms with Crippen molar-refractivity contribution in [2.45, 2.75) is 44.8 Å². The number of ether oxygens (including phenoxy) is 1. The summed E-state index contributed by atoms with van der Waals surface area (Å²) in [7, 11) is 0. The number of hydrogen-bond donors (Lipinski definition) is 0. The summed E-state index contributed by atoms with van der Waals surface area (Å²) in [6.45, 7) is 1.80. The Hall–Kier alpha value is -2.50. The van der Waals surface area contributed by atoms with Gasteiger partial charge in [0.15, 0.2) is 5.82 Å². The number of benzene rings is 1. The molecule has 1 saturated carbocycles. The Balaban J connectivity index is 1.74. The van der Waals surface area contributed by atoms with Crippen LogP contribution in [0.3, 0.4) is 0 Å². The van der Waals surface area contributed by atoms with Crippen LogP contribution in [0.4, 0.5) is 10.2 Å². The molecule has 0 radical (unpaired) electrons. The topological polar surface area (TPSA) is 56.5 Å². The highest BCUT2D eigenvalue weighted by molar-refractivity contribution is 6.03. The van der Waals surface area contributed by atoms with Crippen LogP contribution < -0.4 is 0 Å². The molecular formula is C19H20FN3O2. The van der Waals surface area contributed by atoms with Crippen molar-refractivity contribution in [3.8, 4) is 0 Å². The number of carbonyl (C=O) groups is 1. The Bertz CT molecular complexity index is 824. The molecule has 2 atom stereocenters. The number of hydrogen-bond acceptors (Lipinski definition) is 4. The van der Waals surface area contributed by atoms with Crippen LogP contribution in [-0.2, 0) is 9.53 Å². The molecule has 2 unspecified atom stereocenters. The van der Waals surface area contributed by atoms with Gasteiger partial charge in [-0.2, -0.15) is 5.10 Å². The fourth-order valence-corrected chi connectivity index (χ4v) is 3.80. The minimum absolute atomic E-state index is 0.0411. The van der Waals surface area contributed by atoms with Gasteiger partial charge in [-0.1, -0.05) is 18.2 Å². The van der Waals surface area contributed by atoms with E-state index in [0.29, 0.717) is 17.1 Å². The first-order chi connectivity index (χ1) is 12.1. The van der Waals surface area contributed by atoms with Gasteiger partial charge in [0, 0.05) is 17.3 Å². The first kappa shape index (κ1) is 16.0. The molecular weight excluding hydrogens is 321 g/mol. The van der Waals surface area contributed by atoms with Crippen LogP contribution in [0.15, 0.2) is 41.5 Å². The summed E-state index contributed by atoms with van der Waals surface area (Å²) in [4.78, 5) is 17.4. The molecule has 1 fully saturated rings. The molecule has 0 amide bonds. The lowest BCUT2D eigenvalue weighted by Gasteiger charge is -2.31. The lowest BCUT2D eigenvalue weighted by Crippen LogP contribution is -2.38. The maximum Gasteiger partial charge on any atom is 0.317 e. The molecule has 1 aliphatic heterocycles. The van der Waals surface area contributed by atoms with Crippen LogP contribution in [0.2, 0.25) is 0 Å². The van der Waals surface area contributed by atoms with Gasteiger partial charge in [0.2, 0.25) is 0 Å². The van der Waals surface area contributed by atoms with E-state index in [1.165, 1.54) is 6.07 Å². The summed E-state index contributed by atoms with van der Waals surface area (Å²) >= 11 is 0. The van der Waals surface area contributed by atoms with E-state index in [4.69, 9.17) is 4.74 Å². The third-order valence-electron chi connectivity index (χ3n) is 5.03. The molecule has 2 heterocycles. The SMILES string of the molecule is CC1=Nc2ccnn2C(c2ccccc2F)C1C(=O)OC1CCCC1. The van der Waals surface area contributed by atoms with Crippen LogP contribution in [0.1, 0.15) is 44.2 Å². The molecule has 0 saturated heterocycles. The molecule has 0 spiro atoms. The van der Waals surface area contributed by atoms with E-state index in [9.17, 15) is 9.18 Å². The summed E-state index contributed by atoms with van der Waals surface area (Å²) in [5.41, 5.74) is 1.05. The monoisotopic (exact) mass is 341 g/mol. The molecule has 1 aromatic carbocycles. The van der Waals surface area contributed by atoms with E-state index in [1.807, 2.05) is 0 Å². The Morgan fingerprint density at radius 1 is 1.24 bits per heavy atom. The molecule has 4 rings (SSSR count). The molecule has 1 aromatic heterocycles. The second-order valence-electron chi connectivity index (χ2n) is 6.67. The number of aliphatic imine (C=N–C) groups is 1. The van der Waals surface area contributed by atoms with Crippen LogP contribution >= 0.6 is 0 Å². The number of carbonyl (C=O) groups excluding carboxylic acids is 1. The van der Waals surface area contributed by atoms with Gasteiger partial charge in [-0.3, -0.25) is 4.79 Å². The Labute approximate surface area is 145 Å². The lowest BCUT2D eigenvalue weighted by molar-refractivity contribution is -0.152. The van der Waals surface area contributed by atoms with Crippen LogP contribution in [0, 0.1) is 11.7 Å². The van der Waals surface area contributed by atoms with E-state index in [-0.39, 0.29) is 17.9 Å². The van der Waals surface area contributed by atoms with Gasteiger partial charge in [-0.15, -0.1) is 0 Å². The average Bonchev–Trinajstić information content (AvgIpc) is 3.25. The lowest BCUT2D eigenvalue weighted by atomic mass is 9.88. The summed E-state index contributed by atoms with van der Waals surface area (Å²) < 4.78 is 21.8. The van der Waals surface area contributed by atoms with Crippen LogP contribution in [-0.4, -0.2) is 27.6 Å². The van der Waals surface area contributed by atoms with Crippen molar-refractivity contribution in [3.05, 3.63) is 47.9 Å². The minimum Gasteiger partial charge on any atom is -0.462 e. The number of aromatic nitrogens is 2. The number of halogens is 1. The Kier molecular flexibility index (Phi) is 4.11. The predicted octanol–water partition coefficient (Wildman–Crippen LogP) is 3.82. The van der Waals surface area contributed by atoms with Gasteiger partial charge in [-0.25, -0.2) is 14.1 Å². The highest BCUT2D eigenvalue weighted by atomic mass is 19.1. The molecule has 0 N–H and O–H groups in total. The zero-order chi connectivity index (χ0) is 17.4. The molecule has 6 heteroatoms. The van der Waals surface area contributed by atoms with Crippen molar-refractivity contribution in [3.63, 3.8) is 0 Å². The average molecular weight is 341 g/mol. The van der Waals surface area contributed by atoms with Crippen molar-refractivity contribution in [2.75, 3.05) is 0 Å². The summed E-state index contributed by atoms with van der Waals surface area (Å²) in [5.74, 6) is -0.759. The minimum atomic E-state index is -0.676. The molecule has 2 aromatic rings. The van der Waals surface area contributed by atoms with Gasteiger partial charge < -0.3 is 4.74 Å². The van der Waals surface area contributed by atoms with Crippen molar-refractivity contribution >= 4 is 17.5 Å². The van der Waals surface area contributed by atoms with Gasteiger partial charge in [0.25, 0.3) is 0 Å². The van der Waals surface area contributed by atoms with Gasteiger partial charge in [0.1, 0.15) is 23.9 Å². The highest BCUT2D eigenvalue weighted by Crippen LogP contribution is 2.38. The number of nitrogens with zero attached hydrogens (tertiary/aromatic N) is 3. The fourth-order valence-electron chi connectivity index (χ4n) is 3.80. The second kappa shape index (κ2) is 6.43. The van der Waals surface area contributed by atoms with E-state index in [0.717, 1.165) is 25.7 Å². The normalized spacial score (nSPS) is 23.2. The van der Waals surface area contributed by atoms with Crippen molar-refractivity contribution in [1.29, 1.82) is 0 Å². The summed E-state index contributed by atoms with van der Waals surface area (Å²) in [6.07, 6.45) is 5.52. The van der Waals surface area contributed by atoms with Crippen LogP contribution in [0.25, 0.3) is 0 Å². The largest absolute Gasteiger partial charge is 0.462 e. The second-order valence-corrected chi connectivity index (χ2v) is 6.67. The van der Waals surface area contributed by atoms with Crippen molar-refractivity contribution in [1.82, 2.24) is 9.78 Å². The molecule has 0 bridgehead atoms. The smallest absolute Gasteiger partial charge is 0.317 e. The Morgan fingerprint density at radius 2 is 2.00 bits per heavy atom. The zero-order valence-corrected chi connectivity index (χ0v) is 14.1. The standard InChI is InChI=1S/C19H20FN3O2/c1-12-17(19(24)25-13-6-2-3-7-13)18(14-8-4-5-9-15(14)20)23-16(22-12)10-11-21-23/h4-5,8-11,13,17-18H,2-3,6-7H2,1H3. The van der Waals surface area contributed by atoms with Gasteiger partial charge >= 0.3 is 5.97 Å². The third-order valence-corrected chi connectivity index (χ3v) is 5.03. The molecule has 25 heavy (non-hydrogen) atoms. The summed E-state index contributed by atoms with van der Waals surface area (Å²) in [6, 6.07) is 7.67. The van der Waals surface area contributed by atoms with E-state index < -0.39 is 12.0 Å². The first-order valence-corrected chi connectivity index (χ1v) is 8.69. The Morgan fingerprint density at radius 3 is 2.76 bits per heavy atom. The quantitative estimate of drug-likeness (QED) is 0.798. The van der Waals surface area contributed by atoms with Crippen molar-refractivity contribution in [2.24, 2.45) is 10.9 Å². The predicted molar refractivity (Wildman–Crippen MR) is 91.4 cm³/mol. The van der Waals surface area contributed by atoms with E-state index in [2.05, 4.69) is 10.1 Å². The highest BCUT2D eigenvalue weighted by Gasteiger charge is 2.41. The maximum atomic E-state index is 14.5. The van der Waals surface area contributed by atoms with Crippen LogP contribution in [0.5, 0.6) is 0 Å². The first-order valence-electron chi connectivity index (χ1n) is 8.69. The number of rotatable bonds is 3. The van der Waals surface area contributed by atoms with Gasteiger partial charge in [0.05, 0.1) is 6.20 Å². The molecule has 2 aliphatic rings. The van der Waals surface area contributed by atoms with E-state index in [1.54, 1.807) is 42.1 Å². The fraction of sp³-hybridized carbons (Fsp3) is 0.421. The van der Waals surface area contributed by atoms with Gasteiger partial charge in [-0.05, 0) is 38.7 Å². The van der Waals surface area contributed by atoms with E-state index >= 15 is 0 Å². The molecule has 5 nitrogen and oxygen atoms in total. The third kappa shape index (κ3) is 2.86. The summed E-state index contributed by atoms with van der Waals surface area (Å²) in [5, 5.41) is 4.29. The van der Waals surface area contributed by atoms with Crippen molar-refractivity contribution < 1.29 is 13.9 Å². The number of fused-ring (bicyclic) bond motifs is 1. The number of esters is 1. The maximum absolute atomic E-state index is 14.5. The molecule has 1 aliphatic carbocycles.